The van der Waals surface area contributed by atoms with Crippen LogP contribution >= 0.6 is 24.0 Å². The Bertz CT molecular complexity index is 821. The van der Waals surface area contributed by atoms with E-state index >= 15 is 0 Å². The van der Waals surface area contributed by atoms with Gasteiger partial charge >= 0.3 is 11.9 Å². The molecule has 8 nitrogen and oxygen atoms in total. The number of rotatable bonds is 8. The van der Waals surface area contributed by atoms with Crippen LogP contribution in [-0.4, -0.2) is 57.0 Å². The zero-order valence-electron chi connectivity index (χ0n) is 14.5. The molecule has 0 aromatic heterocycles. The van der Waals surface area contributed by atoms with Crippen molar-refractivity contribution in [2.75, 3.05) is 13.7 Å². The molecular formula is C17H17NO7S2. The van der Waals surface area contributed by atoms with Crippen molar-refractivity contribution >= 4 is 52.2 Å². The zero-order valence-corrected chi connectivity index (χ0v) is 16.1. The van der Waals surface area contributed by atoms with Crippen LogP contribution in [0.25, 0.3) is 6.08 Å². The molecule has 0 saturated carbocycles. The number of methoxy groups -OCH3 is 1. The van der Waals surface area contributed by atoms with Crippen molar-refractivity contribution in [2.45, 2.75) is 19.4 Å². The second-order valence-corrected chi connectivity index (χ2v) is 7.02. The molecule has 1 unspecified atom stereocenters. The molecule has 1 aliphatic rings. The summed E-state index contributed by atoms with van der Waals surface area (Å²) in [6, 6.07) is 3.52. The Hall–Kier alpha value is -2.59. The van der Waals surface area contributed by atoms with Gasteiger partial charge in [-0.15, -0.1) is 0 Å². The van der Waals surface area contributed by atoms with E-state index < -0.39 is 30.3 Å². The van der Waals surface area contributed by atoms with Crippen LogP contribution in [0.2, 0.25) is 0 Å². The van der Waals surface area contributed by atoms with E-state index in [-0.39, 0.29) is 9.23 Å². The number of carbonyl (C=O) groups is 3. The Morgan fingerprint density at radius 2 is 2.04 bits per heavy atom. The first-order valence-electron chi connectivity index (χ1n) is 7.81. The van der Waals surface area contributed by atoms with Gasteiger partial charge in [-0.2, -0.15) is 0 Å². The molecule has 2 N–H and O–H groups in total. The van der Waals surface area contributed by atoms with Crippen molar-refractivity contribution in [3.8, 4) is 11.5 Å². The van der Waals surface area contributed by atoms with Gasteiger partial charge in [0.15, 0.2) is 11.5 Å². The maximum Gasteiger partial charge on any atom is 0.327 e. The van der Waals surface area contributed by atoms with Gasteiger partial charge in [0.2, 0.25) is 0 Å². The average Bonchev–Trinajstić information content (AvgIpc) is 2.87. The van der Waals surface area contributed by atoms with Crippen molar-refractivity contribution in [3.05, 3.63) is 28.7 Å². The third-order valence-electron chi connectivity index (χ3n) is 3.57. The fraction of sp³-hybridized carbons (Fsp3) is 0.294. The maximum atomic E-state index is 12.6. The molecule has 1 amide bonds. The Morgan fingerprint density at radius 3 is 2.59 bits per heavy atom. The van der Waals surface area contributed by atoms with E-state index in [9.17, 15) is 19.5 Å². The smallest absolute Gasteiger partial charge is 0.327 e. The van der Waals surface area contributed by atoms with Crippen molar-refractivity contribution in [2.24, 2.45) is 0 Å². The molecule has 2 rings (SSSR count). The highest BCUT2D eigenvalue weighted by Gasteiger charge is 2.41. The minimum absolute atomic E-state index is 0.00204. The van der Waals surface area contributed by atoms with Gasteiger partial charge in [-0.25, -0.2) is 4.79 Å². The van der Waals surface area contributed by atoms with E-state index in [0.29, 0.717) is 23.7 Å². The van der Waals surface area contributed by atoms with E-state index in [2.05, 4.69) is 0 Å². The summed E-state index contributed by atoms with van der Waals surface area (Å²) in [5.74, 6) is -2.38. The molecule has 1 saturated heterocycles. The molecule has 0 bridgehead atoms. The molecule has 0 radical (unpaired) electrons. The predicted octanol–water partition coefficient (Wildman–Crippen LogP) is 2.22. The van der Waals surface area contributed by atoms with Gasteiger partial charge in [-0.3, -0.25) is 14.5 Å². The van der Waals surface area contributed by atoms with Crippen LogP contribution < -0.4 is 9.47 Å². The third kappa shape index (κ3) is 4.77. The molecule has 1 atom stereocenters. The molecule has 1 aliphatic heterocycles. The molecule has 27 heavy (non-hydrogen) atoms. The molecule has 1 aromatic rings. The molecule has 10 heteroatoms. The number of thioether (sulfide) groups is 1. The van der Waals surface area contributed by atoms with Crippen molar-refractivity contribution in [1.82, 2.24) is 4.90 Å². The van der Waals surface area contributed by atoms with Crippen LogP contribution in [0.5, 0.6) is 11.5 Å². The van der Waals surface area contributed by atoms with Crippen molar-refractivity contribution < 1.29 is 34.1 Å². The minimum atomic E-state index is -1.56. The summed E-state index contributed by atoms with van der Waals surface area (Å²) in [6.07, 6.45) is 0.795. The highest BCUT2D eigenvalue weighted by atomic mass is 32.2. The van der Waals surface area contributed by atoms with Gasteiger partial charge in [0, 0.05) is 0 Å². The van der Waals surface area contributed by atoms with Crippen LogP contribution in [0, 0.1) is 0 Å². The van der Waals surface area contributed by atoms with Crippen LogP contribution in [-0.2, 0) is 14.4 Å². The molecule has 1 aromatic carbocycles. The molecule has 0 spiro atoms. The van der Waals surface area contributed by atoms with Crippen LogP contribution in [0.3, 0.4) is 0 Å². The second-order valence-electron chi connectivity index (χ2n) is 5.35. The summed E-state index contributed by atoms with van der Waals surface area (Å²) in [5, 5.41) is 18.2. The Labute approximate surface area is 164 Å². The number of hydrogen-bond donors (Lipinski definition) is 2. The van der Waals surface area contributed by atoms with Gasteiger partial charge in [0.05, 0.1) is 25.0 Å². The number of ether oxygens (including phenoxy) is 2. The number of aliphatic carboxylic acids is 2. The van der Waals surface area contributed by atoms with Gasteiger partial charge in [0.1, 0.15) is 10.4 Å². The summed E-state index contributed by atoms with van der Waals surface area (Å²) in [4.78, 5) is 35.9. The summed E-state index contributed by atoms with van der Waals surface area (Å²) in [6.45, 7) is 2.31. The highest BCUT2D eigenvalue weighted by molar-refractivity contribution is 8.26. The van der Waals surface area contributed by atoms with Gasteiger partial charge in [0.25, 0.3) is 5.91 Å². The first-order valence-corrected chi connectivity index (χ1v) is 9.03. The standard InChI is InChI=1S/C17H17NO7S2/c1-3-25-11-5-4-9(6-12(11)24-2)7-13-15(21)18(17(26)27-13)10(16(22)23)8-14(19)20/h4-7,10H,3,8H2,1-2H3,(H,19,20)(H,22,23)/b13-7-. The summed E-state index contributed by atoms with van der Waals surface area (Å²) >= 11 is 6.01. The van der Waals surface area contributed by atoms with Gasteiger partial charge in [-0.05, 0) is 30.7 Å². The van der Waals surface area contributed by atoms with E-state index in [0.717, 1.165) is 16.7 Å². The van der Waals surface area contributed by atoms with Gasteiger partial charge in [-0.1, -0.05) is 30.0 Å². The van der Waals surface area contributed by atoms with Gasteiger partial charge < -0.3 is 19.7 Å². The topological polar surface area (TPSA) is 113 Å². The number of hydrogen-bond acceptors (Lipinski definition) is 7. The average molecular weight is 411 g/mol. The fourth-order valence-corrected chi connectivity index (χ4v) is 3.76. The monoisotopic (exact) mass is 411 g/mol. The van der Waals surface area contributed by atoms with Crippen molar-refractivity contribution in [1.29, 1.82) is 0 Å². The molecule has 1 fully saturated rings. The number of carboxylic acid groups (broad SMARTS) is 2. The molecule has 144 valence electrons. The van der Waals surface area contributed by atoms with Crippen LogP contribution in [0.4, 0.5) is 0 Å². The quantitative estimate of drug-likeness (QED) is 0.491. The molecule has 1 heterocycles. The van der Waals surface area contributed by atoms with E-state index in [1.54, 1.807) is 18.2 Å². The minimum Gasteiger partial charge on any atom is -0.493 e. The largest absolute Gasteiger partial charge is 0.493 e. The zero-order chi connectivity index (χ0) is 20.1. The lowest BCUT2D eigenvalue weighted by molar-refractivity contribution is -0.150. The van der Waals surface area contributed by atoms with E-state index in [1.807, 2.05) is 6.92 Å². The predicted molar refractivity (Wildman–Crippen MR) is 103 cm³/mol. The second kappa shape index (κ2) is 8.87. The fourth-order valence-electron chi connectivity index (χ4n) is 2.40. The number of carboxylic acids is 2. The Balaban J connectivity index is 2.32. The molecular weight excluding hydrogens is 394 g/mol. The Morgan fingerprint density at radius 1 is 1.33 bits per heavy atom. The van der Waals surface area contributed by atoms with E-state index in [4.69, 9.17) is 26.8 Å². The lowest BCUT2D eigenvalue weighted by Crippen LogP contribution is -2.45. The van der Waals surface area contributed by atoms with Crippen LogP contribution in [0.15, 0.2) is 23.1 Å². The summed E-state index contributed by atoms with van der Waals surface area (Å²) in [7, 11) is 1.49. The third-order valence-corrected chi connectivity index (χ3v) is 4.90. The summed E-state index contributed by atoms with van der Waals surface area (Å²) in [5.41, 5.74) is 0.626. The number of thiocarbonyl (C=S) groups is 1. The van der Waals surface area contributed by atoms with Crippen LogP contribution in [0.1, 0.15) is 18.9 Å². The number of amides is 1. The maximum absolute atomic E-state index is 12.6. The lowest BCUT2D eigenvalue weighted by atomic mass is 10.1. The van der Waals surface area contributed by atoms with E-state index in [1.165, 1.54) is 13.2 Å². The lowest BCUT2D eigenvalue weighted by Gasteiger charge is -2.21. The van der Waals surface area contributed by atoms with Crippen molar-refractivity contribution in [3.63, 3.8) is 0 Å². The SMILES string of the molecule is CCOc1ccc(/C=C2\SC(=S)N(C(CC(=O)O)C(=O)O)C2=O)cc1OC. The number of carbonyl (C=O) groups excluding carboxylic acids is 1. The highest BCUT2D eigenvalue weighted by Crippen LogP contribution is 2.36. The number of benzene rings is 1. The normalized spacial score (nSPS) is 16.5. The first-order chi connectivity index (χ1) is 12.8. The Kier molecular flexibility index (Phi) is 6.81. The summed E-state index contributed by atoms with van der Waals surface area (Å²) < 4.78 is 10.7. The molecule has 0 aliphatic carbocycles. The first kappa shape index (κ1) is 20.7. The number of nitrogens with zero attached hydrogens (tertiary/aromatic N) is 1.